The number of piperidine rings is 1. The summed E-state index contributed by atoms with van der Waals surface area (Å²) in [6.45, 7) is 4.03. The van der Waals surface area contributed by atoms with E-state index in [9.17, 15) is 13.2 Å². The summed E-state index contributed by atoms with van der Waals surface area (Å²) in [6, 6.07) is 10.9. The molecule has 0 bridgehead atoms. The largest absolute Gasteiger partial charge is 0.416 e. The molecule has 4 heterocycles. The topological polar surface area (TPSA) is 57.2 Å². The molecule has 2 aromatic heterocycles. The van der Waals surface area contributed by atoms with E-state index in [1.54, 1.807) is 18.2 Å². The molecule has 2 aliphatic heterocycles. The molecule has 40 heavy (non-hydrogen) atoms. The second kappa shape index (κ2) is 11.3. The van der Waals surface area contributed by atoms with Crippen molar-refractivity contribution in [3.8, 4) is 0 Å². The number of anilines is 3. The van der Waals surface area contributed by atoms with Gasteiger partial charge < -0.3 is 15.1 Å². The van der Waals surface area contributed by atoms with Crippen LogP contribution in [0.1, 0.15) is 41.8 Å². The van der Waals surface area contributed by atoms with Gasteiger partial charge in [-0.2, -0.15) is 23.1 Å². The molecule has 6 nitrogen and oxygen atoms in total. The molecular weight excluding hydrogens is 580 g/mol. The van der Waals surface area contributed by atoms with Crippen LogP contribution in [0, 0.1) is 0 Å². The van der Waals surface area contributed by atoms with Gasteiger partial charge in [0.2, 0.25) is 5.95 Å². The van der Waals surface area contributed by atoms with Crippen molar-refractivity contribution in [3.05, 3.63) is 68.6 Å². The lowest BCUT2D eigenvalue weighted by atomic mass is 10.0. The highest BCUT2D eigenvalue weighted by atomic mass is 35.5. The highest BCUT2D eigenvalue weighted by molar-refractivity contribution is 7.18. The van der Waals surface area contributed by atoms with Gasteiger partial charge in [-0.1, -0.05) is 40.6 Å². The van der Waals surface area contributed by atoms with Crippen LogP contribution in [0.25, 0.3) is 10.3 Å². The lowest BCUT2D eigenvalue weighted by Crippen LogP contribution is -2.44. The maximum Gasteiger partial charge on any atom is 0.416 e. The van der Waals surface area contributed by atoms with E-state index in [4.69, 9.17) is 38.2 Å². The molecule has 0 amide bonds. The van der Waals surface area contributed by atoms with Crippen molar-refractivity contribution in [2.24, 2.45) is 0 Å². The first-order valence-electron chi connectivity index (χ1n) is 13.3. The van der Waals surface area contributed by atoms with Gasteiger partial charge in [-0.3, -0.25) is 0 Å². The van der Waals surface area contributed by atoms with Gasteiger partial charge in [0.05, 0.1) is 5.56 Å². The minimum atomic E-state index is -4.40. The van der Waals surface area contributed by atoms with Gasteiger partial charge in [-0.05, 0) is 80.7 Å². The first kappa shape index (κ1) is 27.5. The first-order chi connectivity index (χ1) is 19.2. The van der Waals surface area contributed by atoms with Crippen LogP contribution in [0.3, 0.4) is 0 Å². The molecule has 0 spiro atoms. The molecule has 0 unspecified atom stereocenters. The monoisotopic (exact) mass is 606 g/mol. The maximum absolute atomic E-state index is 13.1. The molecule has 0 aliphatic carbocycles. The maximum atomic E-state index is 13.1. The summed E-state index contributed by atoms with van der Waals surface area (Å²) in [7, 11) is 0. The third-order valence-electron chi connectivity index (χ3n) is 7.56. The second-order valence-corrected chi connectivity index (χ2v) is 12.0. The van der Waals surface area contributed by atoms with Crippen molar-refractivity contribution >= 4 is 62.3 Å². The van der Waals surface area contributed by atoms with E-state index in [2.05, 4.69) is 15.1 Å². The van der Waals surface area contributed by atoms with Gasteiger partial charge in [-0.25, -0.2) is 4.98 Å². The van der Waals surface area contributed by atoms with Crippen molar-refractivity contribution in [1.82, 2.24) is 19.9 Å². The van der Waals surface area contributed by atoms with Gasteiger partial charge in [0.15, 0.2) is 10.6 Å². The van der Waals surface area contributed by atoms with Crippen LogP contribution in [0.5, 0.6) is 0 Å². The molecule has 2 fully saturated rings. The van der Waals surface area contributed by atoms with Gasteiger partial charge in [-0.15, -0.1) is 0 Å². The minimum absolute atomic E-state index is 0.426. The number of nitrogens with zero attached hydrogens (tertiary/aromatic N) is 5. The van der Waals surface area contributed by atoms with Gasteiger partial charge in [0.25, 0.3) is 0 Å². The Balaban J connectivity index is 1.32. The fraction of sp³-hybridized carbons (Fsp3) is 0.393. The molecule has 2 saturated heterocycles. The second-order valence-electron chi connectivity index (χ2n) is 10.2. The summed E-state index contributed by atoms with van der Waals surface area (Å²) in [4.78, 5) is 20.0. The molecule has 2 aromatic carbocycles. The Morgan fingerprint density at radius 3 is 2.23 bits per heavy atom. The Morgan fingerprint density at radius 1 is 0.900 bits per heavy atom. The summed E-state index contributed by atoms with van der Waals surface area (Å²) in [5.74, 6) is 1.04. The molecule has 1 N–H and O–H groups in total. The predicted octanol–water partition coefficient (Wildman–Crippen LogP) is 7.81. The van der Waals surface area contributed by atoms with Crippen LogP contribution in [-0.4, -0.2) is 52.1 Å². The third kappa shape index (κ3) is 5.86. The van der Waals surface area contributed by atoms with Crippen molar-refractivity contribution in [2.75, 3.05) is 36.4 Å². The van der Waals surface area contributed by atoms with Crippen LogP contribution >= 0.6 is 34.5 Å². The number of likely N-dealkylation sites (tertiary alicyclic amines) is 1. The molecule has 12 heteroatoms. The van der Waals surface area contributed by atoms with Crippen molar-refractivity contribution in [2.45, 2.75) is 44.3 Å². The van der Waals surface area contributed by atoms with E-state index in [0.29, 0.717) is 50.3 Å². The molecule has 210 valence electrons. The van der Waals surface area contributed by atoms with Crippen LogP contribution in [0.15, 0.2) is 42.5 Å². The average Bonchev–Trinajstić information content (AvgIpc) is 3.61. The third-order valence-corrected chi connectivity index (χ3v) is 9.22. The average molecular weight is 608 g/mol. The first-order valence-corrected chi connectivity index (χ1v) is 14.9. The summed E-state index contributed by atoms with van der Waals surface area (Å²) in [6.07, 6.45) is 0.650. The fourth-order valence-electron chi connectivity index (χ4n) is 5.43. The lowest BCUT2D eigenvalue weighted by Gasteiger charge is -2.36. The zero-order chi connectivity index (χ0) is 27.9. The number of fused-ring (bicyclic) bond motifs is 1. The Kier molecular flexibility index (Phi) is 7.78. The Labute approximate surface area is 244 Å². The number of alkyl halides is 3. The number of hydrogen-bond donors (Lipinski definition) is 1. The summed E-state index contributed by atoms with van der Waals surface area (Å²) in [5, 5.41) is 5.08. The minimum Gasteiger partial charge on any atom is -0.341 e. The molecule has 0 radical (unpaired) electrons. The van der Waals surface area contributed by atoms with Crippen molar-refractivity contribution in [1.29, 1.82) is 0 Å². The summed E-state index contributed by atoms with van der Waals surface area (Å²) in [5.41, 5.74) is 1.11. The smallest absolute Gasteiger partial charge is 0.341 e. The van der Waals surface area contributed by atoms with E-state index in [0.717, 1.165) is 48.6 Å². The molecule has 0 atom stereocenters. The van der Waals surface area contributed by atoms with Crippen LogP contribution in [0.4, 0.5) is 30.6 Å². The fourth-order valence-corrected chi connectivity index (χ4v) is 6.90. The highest BCUT2D eigenvalue weighted by Crippen LogP contribution is 2.35. The van der Waals surface area contributed by atoms with Gasteiger partial charge in [0, 0.05) is 41.3 Å². The molecule has 2 aliphatic rings. The Morgan fingerprint density at radius 2 is 1.57 bits per heavy atom. The van der Waals surface area contributed by atoms with Crippen LogP contribution < -0.4 is 10.2 Å². The zero-order valence-corrected chi connectivity index (χ0v) is 23.8. The number of benzene rings is 2. The van der Waals surface area contributed by atoms with E-state index >= 15 is 0 Å². The standard InChI is InChI=1S/C28H27Cl2F3N6S/c29-21-4-3-5-22(30)20(21)16-23-35-24-25(34-18-8-6-17(7-9-18)28(31,32)33)36-27(37-26(24)40-23)39-14-10-19(11-15-39)38-12-1-2-13-38/h3-9,19H,1-2,10-16H2,(H,34,36,37). The van der Waals surface area contributed by atoms with E-state index in [1.807, 2.05) is 0 Å². The molecular formula is C28H27Cl2F3N6S. The van der Waals surface area contributed by atoms with E-state index < -0.39 is 11.7 Å². The van der Waals surface area contributed by atoms with Crippen molar-refractivity contribution in [3.63, 3.8) is 0 Å². The number of aromatic nitrogens is 3. The number of halogens is 5. The molecule has 6 rings (SSSR count). The van der Waals surface area contributed by atoms with Crippen LogP contribution in [0.2, 0.25) is 10.0 Å². The SMILES string of the molecule is FC(F)(F)c1ccc(Nc2nc(N3CCC(N4CCCC4)CC3)nc3sc(Cc4c(Cl)cccc4Cl)nc23)cc1. The molecule has 4 aromatic rings. The normalized spacial score (nSPS) is 17.2. The van der Waals surface area contributed by atoms with E-state index in [-0.39, 0.29) is 0 Å². The number of nitrogens with one attached hydrogen (secondary N) is 1. The predicted molar refractivity (Wildman–Crippen MR) is 155 cm³/mol. The number of hydrogen-bond acceptors (Lipinski definition) is 7. The lowest BCUT2D eigenvalue weighted by molar-refractivity contribution is -0.137. The summed E-state index contributed by atoms with van der Waals surface area (Å²) >= 11 is 14.3. The Hall–Kier alpha value is -2.66. The summed E-state index contributed by atoms with van der Waals surface area (Å²) < 4.78 is 39.3. The number of rotatable bonds is 6. The van der Waals surface area contributed by atoms with E-state index in [1.165, 1.54) is 49.4 Å². The van der Waals surface area contributed by atoms with Gasteiger partial charge in [0.1, 0.15) is 10.5 Å². The molecule has 0 saturated carbocycles. The highest BCUT2D eigenvalue weighted by Gasteiger charge is 2.30. The quantitative estimate of drug-likeness (QED) is 0.241. The zero-order valence-electron chi connectivity index (χ0n) is 21.5. The number of thiazole rings is 1. The van der Waals surface area contributed by atoms with Crippen molar-refractivity contribution < 1.29 is 13.2 Å². The Bertz CT molecular complexity index is 1480. The van der Waals surface area contributed by atoms with Gasteiger partial charge >= 0.3 is 6.18 Å². The van der Waals surface area contributed by atoms with Crippen LogP contribution in [-0.2, 0) is 12.6 Å².